The van der Waals surface area contributed by atoms with E-state index >= 15 is 0 Å². The van der Waals surface area contributed by atoms with Crippen LogP contribution in [0, 0.1) is 0 Å². The predicted octanol–water partition coefficient (Wildman–Crippen LogP) is 5.21. The molecule has 172 valence electrons. The molecule has 0 N–H and O–H groups in total. The Balaban J connectivity index is 1.49. The molecule has 4 aromatic rings. The number of alkyl halides is 3. The fraction of sp³-hybridized carbons (Fsp3) is 0.348. The topological polar surface area (TPSA) is 51.2 Å². The molecule has 1 aromatic carbocycles. The number of benzene rings is 1. The van der Waals surface area contributed by atoms with Gasteiger partial charge in [-0.25, -0.2) is 4.98 Å². The van der Waals surface area contributed by atoms with E-state index in [4.69, 9.17) is 0 Å². The normalized spacial score (nSPS) is 15.4. The molecule has 33 heavy (non-hydrogen) atoms. The molecular formula is C23H23F3N6S. The number of hydrogen-bond acceptors (Lipinski definition) is 5. The Morgan fingerprint density at radius 3 is 2.52 bits per heavy atom. The van der Waals surface area contributed by atoms with Crippen LogP contribution in [0.25, 0.3) is 11.3 Å². The van der Waals surface area contributed by atoms with Crippen molar-refractivity contribution >= 4 is 17.4 Å². The second-order valence-electron chi connectivity index (χ2n) is 8.07. The van der Waals surface area contributed by atoms with Crippen LogP contribution in [0.1, 0.15) is 36.3 Å². The number of hydrogen-bond donors (Lipinski definition) is 0. The van der Waals surface area contributed by atoms with Crippen molar-refractivity contribution in [2.75, 3.05) is 13.1 Å². The molecule has 6 nitrogen and oxygen atoms in total. The third-order valence-electron chi connectivity index (χ3n) is 5.73. The van der Waals surface area contributed by atoms with Gasteiger partial charge in [-0.15, -0.1) is 10.2 Å². The number of para-hydroxylation sites is 1. The summed E-state index contributed by atoms with van der Waals surface area (Å²) < 4.78 is 45.0. The van der Waals surface area contributed by atoms with Crippen molar-refractivity contribution in [2.24, 2.45) is 0 Å². The molecule has 0 radical (unpaired) electrons. The Labute approximate surface area is 193 Å². The standard InChI is InChI=1S/C23H23F3N6S/c24-23(25,26)18-8-2-3-9-19(18)32-21(15-30-11-5-1-6-12-30)28-29-22(32)33-16-17-14-31-13-7-4-10-20(31)27-17/h2-4,7-10,13-14H,1,5-6,11-12,15-16H2. The first-order chi connectivity index (χ1) is 16.0. The quantitative estimate of drug-likeness (QED) is 0.361. The molecule has 3 aromatic heterocycles. The zero-order valence-electron chi connectivity index (χ0n) is 17.9. The molecule has 0 spiro atoms. The first-order valence-corrected chi connectivity index (χ1v) is 11.9. The number of thioether (sulfide) groups is 1. The van der Waals surface area contributed by atoms with Crippen molar-refractivity contribution in [3.63, 3.8) is 0 Å². The number of likely N-dealkylation sites (tertiary alicyclic amines) is 1. The fourth-order valence-corrected chi connectivity index (χ4v) is 5.01. The van der Waals surface area contributed by atoms with Gasteiger partial charge in [0.05, 0.1) is 23.5 Å². The van der Waals surface area contributed by atoms with E-state index in [1.54, 1.807) is 10.6 Å². The van der Waals surface area contributed by atoms with Crippen molar-refractivity contribution in [1.82, 2.24) is 29.0 Å². The van der Waals surface area contributed by atoms with E-state index < -0.39 is 11.7 Å². The average Bonchev–Trinajstić information content (AvgIpc) is 3.41. The van der Waals surface area contributed by atoms with Gasteiger partial charge in [0.1, 0.15) is 5.65 Å². The molecule has 1 saturated heterocycles. The highest BCUT2D eigenvalue weighted by molar-refractivity contribution is 7.98. The number of aromatic nitrogens is 5. The van der Waals surface area contributed by atoms with Gasteiger partial charge in [0, 0.05) is 18.1 Å². The van der Waals surface area contributed by atoms with Crippen LogP contribution >= 0.6 is 11.8 Å². The Hall–Kier alpha value is -2.85. The third-order valence-corrected chi connectivity index (χ3v) is 6.69. The van der Waals surface area contributed by atoms with Gasteiger partial charge < -0.3 is 4.40 Å². The first kappa shape index (κ1) is 22.0. The highest BCUT2D eigenvalue weighted by Gasteiger charge is 2.35. The van der Waals surface area contributed by atoms with Crippen molar-refractivity contribution < 1.29 is 13.2 Å². The summed E-state index contributed by atoms with van der Waals surface area (Å²) in [5, 5.41) is 9.05. The smallest absolute Gasteiger partial charge is 0.307 e. The number of pyridine rings is 1. The number of halogens is 3. The highest BCUT2D eigenvalue weighted by Crippen LogP contribution is 2.36. The van der Waals surface area contributed by atoms with Gasteiger partial charge in [-0.05, 0) is 50.2 Å². The molecule has 4 heterocycles. The van der Waals surface area contributed by atoms with Gasteiger partial charge in [-0.3, -0.25) is 9.47 Å². The number of fused-ring (bicyclic) bond motifs is 1. The van der Waals surface area contributed by atoms with Gasteiger partial charge in [-0.1, -0.05) is 36.4 Å². The van der Waals surface area contributed by atoms with Crippen LogP contribution in [0.15, 0.2) is 60.0 Å². The average molecular weight is 473 g/mol. The van der Waals surface area contributed by atoms with E-state index in [1.807, 2.05) is 35.0 Å². The Morgan fingerprint density at radius 1 is 0.939 bits per heavy atom. The van der Waals surface area contributed by atoms with E-state index in [-0.39, 0.29) is 5.69 Å². The SMILES string of the molecule is FC(F)(F)c1ccccc1-n1c(CN2CCCCC2)nnc1SCc1cn2ccccc2n1. The lowest BCUT2D eigenvalue weighted by molar-refractivity contribution is -0.137. The summed E-state index contributed by atoms with van der Waals surface area (Å²) in [5.41, 5.74) is 1.00. The van der Waals surface area contributed by atoms with Gasteiger partial charge in [0.2, 0.25) is 0 Å². The molecule has 1 aliphatic heterocycles. The molecule has 0 atom stereocenters. The van der Waals surface area contributed by atoms with Gasteiger partial charge >= 0.3 is 6.18 Å². The lowest BCUT2D eigenvalue weighted by Gasteiger charge is -2.26. The summed E-state index contributed by atoms with van der Waals surface area (Å²) in [6.07, 6.45) is 2.70. The molecule has 0 aliphatic carbocycles. The van der Waals surface area contributed by atoms with Crippen LogP contribution in [-0.2, 0) is 18.5 Å². The highest BCUT2D eigenvalue weighted by atomic mass is 32.2. The van der Waals surface area contributed by atoms with Crippen LogP contribution in [0.5, 0.6) is 0 Å². The summed E-state index contributed by atoms with van der Waals surface area (Å²) in [4.78, 5) is 6.82. The molecule has 5 rings (SSSR count). The van der Waals surface area contributed by atoms with Crippen LogP contribution in [0.3, 0.4) is 0 Å². The summed E-state index contributed by atoms with van der Waals surface area (Å²) in [6.45, 7) is 2.29. The molecule has 1 aliphatic rings. The van der Waals surface area contributed by atoms with Crippen LogP contribution in [-0.4, -0.2) is 42.1 Å². The van der Waals surface area contributed by atoms with Crippen molar-refractivity contribution in [3.05, 3.63) is 71.9 Å². The minimum Gasteiger partial charge on any atom is -0.307 e. The predicted molar refractivity (Wildman–Crippen MR) is 120 cm³/mol. The van der Waals surface area contributed by atoms with E-state index in [9.17, 15) is 13.2 Å². The number of imidazole rings is 1. The molecule has 0 unspecified atom stereocenters. The van der Waals surface area contributed by atoms with E-state index in [1.165, 1.54) is 30.3 Å². The summed E-state index contributed by atoms with van der Waals surface area (Å²) in [5.74, 6) is 0.989. The van der Waals surface area contributed by atoms with Crippen LogP contribution in [0.2, 0.25) is 0 Å². The van der Waals surface area contributed by atoms with Crippen LogP contribution < -0.4 is 0 Å². The van der Waals surface area contributed by atoms with Crippen molar-refractivity contribution in [2.45, 2.75) is 42.9 Å². The molecule has 0 bridgehead atoms. The third kappa shape index (κ3) is 4.77. The second-order valence-corrected chi connectivity index (χ2v) is 9.02. The van der Waals surface area contributed by atoms with Crippen LogP contribution in [0.4, 0.5) is 13.2 Å². The van der Waals surface area contributed by atoms with Crippen molar-refractivity contribution in [1.29, 1.82) is 0 Å². The Bertz CT molecular complexity index is 1210. The zero-order valence-corrected chi connectivity index (χ0v) is 18.7. The number of rotatable bonds is 6. The minimum atomic E-state index is -4.48. The molecule has 0 saturated carbocycles. The van der Waals surface area contributed by atoms with Gasteiger partial charge in [-0.2, -0.15) is 13.2 Å². The van der Waals surface area contributed by atoms with E-state index in [0.29, 0.717) is 23.3 Å². The fourth-order valence-electron chi connectivity index (χ4n) is 4.16. The first-order valence-electron chi connectivity index (χ1n) is 10.9. The Kier molecular flexibility index (Phi) is 6.11. The van der Waals surface area contributed by atoms with E-state index in [0.717, 1.165) is 43.3 Å². The molecule has 1 fully saturated rings. The largest absolute Gasteiger partial charge is 0.418 e. The Morgan fingerprint density at radius 2 is 1.73 bits per heavy atom. The number of nitrogens with zero attached hydrogens (tertiary/aromatic N) is 6. The zero-order chi connectivity index (χ0) is 22.8. The molecule has 0 amide bonds. The summed E-state index contributed by atoms with van der Waals surface area (Å²) in [6, 6.07) is 11.4. The molecular weight excluding hydrogens is 449 g/mol. The summed E-state index contributed by atoms with van der Waals surface area (Å²) in [7, 11) is 0. The monoisotopic (exact) mass is 472 g/mol. The maximum atomic E-state index is 13.8. The van der Waals surface area contributed by atoms with Gasteiger partial charge in [0.15, 0.2) is 11.0 Å². The lowest BCUT2D eigenvalue weighted by atomic mass is 10.1. The van der Waals surface area contributed by atoms with E-state index in [2.05, 4.69) is 20.1 Å². The maximum absolute atomic E-state index is 13.8. The summed E-state index contributed by atoms with van der Waals surface area (Å²) >= 11 is 1.34. The van der Waals surface area contributed by atoms with Crippen molar-refractivity contribution in [3.8, 4) is 5.69 Å². The number of piperidine rings is 1. The maximum Gasteiger partial charge on any atom is 0.418 e. The minimum absolute atomic E-state index is 0.0551. The second kappa shape index (κ2) is 9.18. The van der Waals surface area contributed by atoms with Gasteiger partial charge in [0.25, 0.3) is 0 Å². The molecule has 10 heteroatoms. The lowest BCUT2D eigenvalue weighted by Crippen LogP contribution is -2.30.